The Kier molecular flexibility index (Phi) is 6.82. The number of ether oxygens (including phenoxy) is 4. The minimum absolute atomic E-state index is 0.0671. The van der Waals surface area contributed by atoms with E-state index in [9.17, 15) is 14.4 Å². The molecule has 0 amide bonds. The molecule has 176 valence electrons. The highest BCUT2D eigenvalue weighted by atomic mass is 16.8. The van der Waals surface area contributed by atoms with Crippen LogP contribution in [0.4, 0.5) is 0 Å². The molecular weight excluding hydrogens is 412 g/mol. The lowest BCUT2D eigenvalue weighted by molar-refractivity contribution is -0.255. The van der Waals surface area contributed by atoms with Crippen LogP contribution < -0.4 is 0 Å². The Morgan fingerprint density at radius 2 is 1.94 bits per heavy atom. The summed E-state index contributed by atoms with van der Waals surface area (Å²) in [5, 5.41) is 0. The molecule has 2 aliphatic carbocycles. The van der Waals surface area contributed by atoms with Gasteiger partial charge in [0.15, 0.2) is 5.78 Å². The number of carbonyl (C=O) groups excluding carboxylic acids is 3. The van der Waals surface area contributed by atoms with E-state index in [-0.39, 0.29) is 35.6 Å². The number of carbonyl (C=O) groups is 3. The number of hydrogen-bond acceptors (Lipinski definition) is 7. The molecule has 1 aliphatic heterocycles. The van der Waals surface area contributed by atoms with E-state index in [0.29, 0.717) is 12.0 Å². The van der Waals surface area contributed by atoms with Crippen molar-refractivity contribution in [2.75, 3.05) is 7.11 Å². The summed E-state index contributed by atoms with van der Waals surface area (Å²) in [5.41, 5.74) is 0.192. The SMILES string of the molecule is C=CC(=C)CC[C@]1(C)[C@H]2CC(=O)C=C3[C@H](OC(C)=O)O[C@H](OC(C)=O)[C@@]32[C@H](OC)C[C@@H]1C. The third-order valence-corrected chi connectivity index (χ3v) is 7.82. The third-order valence-electron chi connectivity index (χ3n) is 7.82. The lowest BCUT2D eigenvalue weighted by Crippen LogP contribution is -2.63. The first-order valence-electron chi connectivity index (χ1n) is 11.1. The van der Waals surface area contributed by atoms with Crippen LogP contribution in [-0.2, 0) is 33.3 Å². The van der Waals surface area contributed by atoms with Gasteiger partial charge in [0.25, 0.3) is 0 Å². The quantitative estimate of drug-likeness (QED) is 0.433. The summed E-state index contributed by atoms with van der Waals surface area (Å²) in [4.78, 5) is 36.8. The maximum Gasteiger partial charge on any atom is 0.305 e. The molecule has 32 heavy (non-hydrogen) atoms. The fourth-order valence-corrected chi connectivity index (χ4v) is 6.03. The van der Waals surface area contributed by atoms with Crippen molar-refractivity contribution in [2.24, 2.45) is 22.7 Å². The van der Waals surface area contributed by atoms with Crippen LogP contribution in [0.1, 0.15) is 53.4 Å². The van der Waals surface area contributed by atoms with Gasteiger partial charge < -0.3 is 14.2 Å². The predicted octanol–water partition coefficient (Wildman–Crippen LogP) is 3.88. The van der Waals surface area contributed by atoms with E-state index in [2.05, 4.69) is 27.0 Å². The van der Waals surface area contributed by atoms with Crippen molar-refractivity contribution in [2.45, 2.75) is 72.1 Å². The molecule has 7 nitrogen and oxygen atoms in total. The molecule has 7 atom stereocenters. The first-order chi connectivity index (χ1) is 15.0. The van der Waals surface area contributed by atoms with Crippen molar-refractivity contribution in [3.8, 4) is 0 Å². The van der Waals surface area contributed by atoms with Gasteiger partial charge in [-0.25, -0.2) is 0 Å². The molecule has 0 unspecified atom stereocenters. The summed E-state index contributed by atoms with van der Waals surface area (Å²) in [6.07, 6.45) is 3.15. The standard InChI is InChI=1S/C25H34O7/c1-8-14(2)9-10-24(6)15(3)11-21(29-7)25-19(12-18(28)13-20(24)25)22(30-16(4)26)32-23(25)31-17(5)27/h8,12,15,20-23H,1-2,9-11,13H2,3-7H3/t15-,20+,21+,22+,23-,24-,25-/m0/s1. The molecule has 1 heterocycles. The molecule has 2 fully saturated rings. The van der Waals surface area contributed by atoms with Gasteiger partial charge >= 0.3 is 11.9 Å². The van der Waals surface area contributed by atoms with E-state index in [1.165, 1.54) is 19.9 Å². The number of allylic oxidation sites excluding steroid dienone is 3. The Morgan fingerprint density at radius 1 is 1.28 bits per heavy atom. The number of ketones is 1. The van der Waals surface area contributed by atoms with Crippen molar-refractivity contribution in [1.29, 1.82) is 0 Å². The van der Waals surface area contributed by atoms with Crippen LogP contribution >= 0.6 is 0 Å². The average molecular weight is 447 g/mol. The zero-order valence-electron chi connectivity index (χ0n) is 19.6. The normalized spacial score (nSPS) is 38.2. The molecule has 0 bridgehead atoms. The van der Waals surface area contributed by atoms with Gasteiger partial charge in [0.2, 0.25) is 12.6 Å². The first kappa shape index (κ1) is 24.4. The molecule has 7 heteroatoms. The van der Waals surface area contributed by atoms with Crippen LogP contribution in [0.2, 0.25) is 0 Å². The fourth-order valence-electron chi connectivity index (χ4n) is 6.03. The topological polar surface area (TPSA) is 88.1 Å². The average Bonchev–Trinajstić information content (AvgIpc) is 3.00. The zero-order valence-corrected chi connectivity index (χ0v) is 19.6. The van der Waals surface area contributed by atoms with Crippen molar-refractivity contribution in [1.82, 2.24) is 0 Å². The van der Waals surface area contributed by atoms with E-state index in [1.54, 1.807) is 13.2 Å². The largest absolute Gasteiger partial charge is 0.435 e. The van der Waals surface area contributed by atoms with Gasteiger partial charge in [-0.15, -0.1) is 0 Å². The second-order valence-electron chi connectivity index (χ2n) is 9.50. The van der Waals surface area contributed by atoms with Gasteiger partial charge in [0.1, 0.15) is 0 Å². The van der Waals surface area contributed by atoms with E-state index in [1.807, 2.05) is 0 Å². The minimum Gasteiger partial charge on any atom is -0.435 e. The predicted molar refractivity (Wildman–Crippen MR) is 117 cm³/mol. The molecule has 1 saturated carbocycles. The summed E-state index contributed by atoms with van der Waals surface area (Å²) < 4.78 is 23.1. The van der Waals surface area contributed by atoms with Crippen LogP contribution in [0.3, 0.4) is 0 Å². The molecular formula is C25H34O7. The molecule has 1 spiro atoms. The Labute approximate surface area is 189 Å². The van der Waals surface area contributed by atoms with Crippen LogP contribution in [0.25, 0.3) is 0 Å². The highest BCUT2D eigenvalue weighted by Crippen LogP contribution is 2.67. The monoisotopic (exact) mass is 446 g/mol. The van der Waals surface area contributed by atoms with Gasteiger partial charge in [-0.05, 0) is 42.6 Å². The van der Waals surface area contributed by atoms with E-state index in [0.717, 1.165) is 18.4 Å². The highest BCUT2D eigenvalue weighted by Gasteiger charge is 2.71. The molecule has 0 aromatic carbocycles. The minimum atomic E-state index is -1.11. The van der Waals surface area contributed by atoms with Crippen LogP contribution in [0.5, 0.6) is 0 Å². The lowest BCUT2D eigenvalue weighted by Gasteiger charge is -2.60. The Morgan fingerprint density at radius 3 is 2.50 bits per heavy atom. The van der Waals surface area contributed by atoms with Crippen molar-refractivity contribution in [3.63, 3.8) is 0 Å². The fraction of sp³-hybridized carbons (Fsp3) is 0.640. The Bertz CT molecular complexity index is 858. The summed E-state index contributed by atoms with van der Waals surface area (Å²) in [6, 6.07) is 0. The lowest BCUT2D eigenvalue weighted by atomic mass is 9.45. The molecule has 0 aromatic heterocycles. The smallest absolute Gasteiger partial charge is 0.305 e. The third kappa shape index (κ3) is 3.86. The van der Waals surface area contributed by atoms with Gasteiger partial charge in [-0.2, -0.15) is 0 Å². The summed E-state index contributed by atoms with van der Waals surface area (Å²) >= 11 is 0. The molecule has 0 aromatic rings. The van der Waals surface area contributed by atoms with E-state index < -0.39 is 29.9 Å². The van der Waals surface area contributed by atoms with Gasteiger partial charge in [0, 0.05) is 33.0 Å². The molecule has 3 rings (SSSR count). The van der Waals surface area contributed by atoms with Crippen molar-refractivity contribution >= 4 is 17.7 Å². The maximum atomic E-state index is 12.9. The number of rotatable bonds is 7. The van der Waals surface area contributed by atoms with Crippen LogP contribution in [0, 0.1) is 22.7 Å². The maximum absolute atomic E-state index is 12.9. The Hall–Kier alpha value is -2.25. The second kappa shape index (κ2) is 8.94. The van der Waals surface area contributed by atoms with Crippen molar-refractivity contribution < 1.29 is 33.3 Å². The first-order valence-corrected chi connectivity index (χ1v) is 11.1. The number of methoxy groups -OCH3 is 1. The zero-order chi connectivity index (χ0) is 23.8. The summed E-state index contributed by atoms with van der Waals surface area (Å²) in [5.74, 6) is -1.18. The van der Waals surface area contributed by atoms with Crippen LogP contribution in [-0.4, -0.2) is 43.5 Å². The number of esters is 2. The van der Waals surface area contributed by atoms with Gasteiger partial charge in [0.05, 0.1) is 11.5 Å². The van der Waals surface area contributed by atoms with Crippen molar-refractivity contribution in [3.05, 3.63) is 36.5 Å². The molecule has 0 N–H and O–H groups in total. The van der Waals surface area contributed by atoms with Gasteiger partial charge in [-0.3, -0.25) is 19.1 Å². The van der Waals surface area contributed by atoms with Gasteiger partial charge in [-0.1, -0.05) is 38.7 Å². The summed E-state index contributed by atoms with van der Waals surface area (Å²) in [6.45, 7) is 14.8. The molecule has 1 saturated heterocycles. The summed E-state index contributed by atoms with van der Waals surface area (Å²) in [7, 11) is 1.61. The molecule has 0 radical (unpaired) electrons. The number of hydrogen-bond donors (Lipinski definition) is 0. The Balaban J connectivity index is 2.19. The van der Waals surface area contributed by atoms with E-state index in [4.69, 9.17) is 18.9 Å². The van der Waals surface area contributed by atoms with E-state index >= 15 is 0 Å². The van der Waals surface area contributed by atoms with Crippen LogP contribution in [0.15, 0.2) is 36.5 Å². The molecule has 3 aliphatic rings. The second-order valence-corrected chi connectivity index (χ2v) is 9.50. The highest BCUT2D eigenvalue weighted by molar-refractivity contribution is 5.92.